The summed E-state index contributed by atoms with van der Waals surface area (Å²) < 4.78 is 7.49. The van der Waals surface area contributed by atoms with E-state index < -0.39 is 0 Å². The van der Waals surface area contributed by atoms with Crippen LogP contribution < -0.4 is 10.1 Å². The van der Waals surface area contributed by atoms with Crippen LogP contribution in [0.1, 0.15) is 11.1 Å². The molecule has 0 atom stereocenters. The zero-order valence-corrected chi connectivity index (χ0v) is 17.9. The molecule has 8 heteroatoms. The predicted molar refractivity (Wildman–Crippen MR) is 116 cm³/mol. The van der Waals surface area contributed by atoms with E-state index >= 15 is 0 Å². The van der Waals surface area contributed by atoms with Crippen LogP contribution in [0.4, 0.5) is 5.82 Å². The number of anilines is 1. The maximum atomic E-state index is 12.2. The summed E-state index contributed by atoms with van der Waals surface area (Å²) >= 11 is 15.4. The Kier molecular flexibility index (Phi) is 6.78. The monoisotopic (exact) mass is 479 g/mol. The zero-order chi connectivity index (χ0) is 20.1. The third-order valence-electron chi connectivity index (χ3n) is 3.83. The molecule has 0 spiro atoms. The van der Waals surface area contributed by atoms with E-state index in [0.717, 1.165) is 16.9 Å². The number of nitrogens with zero attached hydrogens (tertiary/aromatic N) is 2. The fourth-order valence-corrected chi connectivity index (χ4v) is 3.17. The molecule has 0 aliphatic rings. The number of amides is 1. The second kappa shape index (κ2) is 9.28. The van der Waals surface area contributed by atoms with Crippen LogP contribution >= 0.6 is 39.1 Å². The first-order chi connectivity index (χ1) is 13.4. The number of carbonyl (C=O) groups excluding carboxylic acids is 1. The van der Waals surface area contributed by atoms with Gasteiger partial charge in [0.15, 0.2) is 5.82 Å². The van der Waals surface area contributed by atoms with Crippen molar-refractivity contribution in [3.63, 3.8) is 0 Å². The topological polar surface area (TPSA) is 56.1 Å². The van der Waals surface area contributed by atoms with Gasteiger partial charge in [0.1, 0.15) is 5.75 Å². The molecule has 1 amide bonds. The second-order valence-corrected chi connectivity index (χ2v) is 7.54. The van der Waals surface area contributed by atoms with Gasteiger partial charge in [0.05, 0.1) is 28.2 Å². The number of halogens is 3. The molecule has 1 aromatic heterocycles. The lowest BCUT2D eigenvalue weighted by Crippen LogP contribution is -2.09. The predicted octanol–water partition coefficient (Wildman–Crippen LogP) is 5.66. The van der Waals surface area contributed by atoms with Gasteiger partial charge in [-0.1, -0.05) is 41.4 Å². The highest BCUT2D eigenvalue weighted by molar-refractivity contribution is 9.10. The Hall–Kier alpha value is -2.28. The van der Waals surface area contributed by atoms with Gasteiger partial charge in [-0.2, -0.15) is 5.10 Å². The summed E-state index contributed by atoms with van der Waals surface area (Å²) in [6.45, 7) is 0.493. The minimum atomic E-state index is -0.281. The zero-order valence-electron chi connectivity index (χ0n) is 14.8. The van der Waals surface area contributed by atoms with E-state index in [2.05, 4.69) is 26.3 Å². The van der Waals surface area contributed by atoms with E-state index in [0.29, 0.717) is 26.9 Å². The summed E-state index contributed by atoms with van der Waals surface area (Å²) in [5.41, 5.74) is 1.84. The van der Waals surface area contributed by atoms with Gasteiger partial charge < -0.3 is 10.1 Å². The van der Waals surface area contributed by atoms with Gasteiger partial charge in [-0.3, -0.25) is 9.48 Å². The standard InChI is InChI=1S/C20H16BrCl2N3O2/c1-28-15-6-2-13(3-7-15)5-9-19(27)24-20-16(21)12-26(25-20)11-14-4-8-17(22)18(23)10-14/h2-10,12H,11H2,1H3,(H,24,25,27)/b9-5+. The SMILES string of the molecule is COc1ccc(/C=C/C(=O)Nc2nn(Cc3ccc(Cl)c(Cl)c3)cc2Br)cc1. The van der Waals surface area contributed by atoms with Gasteiger partial charge in [-0.25, -0.2) is 0 Å². The van der Waals surface area contributed by atoms with Crippen LogP contribution in [-0.4, -0.2) is 22.8 Å². The van der Waals surface area contributed by atoms with E-state index in [4.69, 9.17) is 27.9 Å². The third-order valence-corrected chi connectivity index (χ3v) is 5.15. The number of rotatable bonds is 6. The molecule has 2 aromatic carbocycles. The van der Waals surface area contributed by atoms with Gasteiger partial charge in [-0.15, -0.1) is 0 Å². The summed E-state index contributed by atoms with van der Waals surface area (Å²) in [4.78, 5) is 12.2. The number of benzene rings is 2. The van der Waals surface area contributed by atoms with Gasteiger partial charge in [0.25, 0.3) is 0 Å². The summed E-state index contributed by atoms with van der Waals surface area (Å²) in [5.74, 6) is 0.916. The first kappa shape index (κ1) is 20.5. The summed E-state index contributed by atoms with van der Waals surface area (Å²) in [7, 11) is 1.61. The molecule has 3 aromatic rings. The molecule has 1 N–H and O–H groups in total. The molecule has 0 radical (unpaired) electrons. The van der Waals surface area contributed by atoms with Gasteiger partial charge >= 0.3 is 0 Å². The van der Waals surface area contributed by atoms with Crippen molar-refractivity contribution in [2.75, 3.05) is 12.4 Å². The highest BCUT2D eigenvalue weighted by Gasteiger charge is 2.10. The molecule has 0 saturated carbocycles. The van der Waals surface area contributed by atoms with Crippen molar-refractivity contribution in [3.8, 4) is 5.75 Å². The molecule has 0 saturated heterocycles. The van der Waals surface area contributed by atoms with Crippen LogP contribution in [0.3, 0.4) is 0 Å². The van der Waals surface area contributed by atoms with Crippen molar-refractivity contribution < 1.29 is 9.53 Å². The minimum absolute atomic E-state index is 0.281. The number of nitrogens with one attached hydrogen (secondary N) is 1. The molecule has 0 fully saturated rings. The van der Waals surface area contributed by atoms with Crippen LogP contribution in [-0.2, 0) is 11.3 Å². The van der Waals surface area contributed by atoms with E-state index in [1.165, 1.54) is 6.08 Å². The fourth-order valence-electron chi connectivity index (χ4n) is 2.43. The van der Waals surface area contributed by atoms with Gasteiger partial charge in [-0.05, 0) is 57.4 Å². The van der Waals surface area contributed by atoms with Crippen molar-refractivity contribution in [3.05, 3.63) is 80.4 Å². The van der Waals surface area contributed by atoms with Crippen molar-refractivity contribution in [1.29, 1.82) is 0 Å². The number of hydrogen-bond acceptors (Lipinski definition) is 3. The molecule has 28 heavy (non-hydrogen) atoms. The lowest BCUT2D eigenvalue weighted by molar-refractivity contribution is -0.111. The molecule has 0 aliphatic carbocycles. The Morgan fingerprint density at radius 1 is 1.21 bits per heavy atom. The number of hydrogen-bond donors (Lipinski definition) is 1. The fraction of sp³-hybridized carbons (Fsp3) is 0.100. The second-order valence-electron chi connectivity index (χ2n) is 5.87. The molecular formula is C20H16BrCl2N3O2. The van der Waals surface area contributed by atoms with Crippen molar-refractivity contribution >= 4 is 56.9 Å². The highest BCUT2D eigenvalue weighted by Crippen LogP contribution is 2.24. The number of methoxy groups -OCH3 is 1. The molecule has 0 unspecified atom stereocenters. The summed E-state index contributed by atoms with van der Waals surface area (Å²) in [6.07, 6.45) is 4.95. The van der Waals surface area contributed by atoms with Crippen molar-refractivity contribution in [2.24, 2.45) is 0 Å². The molecule has 5 nitrogen and oxygen atoms in total. The number of aromatic nitrogens is 2. The molecule has 144 valence electrons. The number of carbonyl (C=O) groups is 1. The molecule has 3 rings (SSSR count). The van der Waals surface area contributed by atoms with E-state index in [-0.39, 0.29) is 5.91 Å². The normalized spacial score (nSPS) is 11.0. The third kappa shape index (κ3) is 5.38. The average Bonchev–Trinajstić information content (AvgIpc) is 3.02. The smallest absolute Gasteiger partial charge is 0.249 e. The first-order valence-electron chi connectivity index (χ1n) is 8.24. The molecule has 1 heterocycles. The largest absolute Gasteiger partial charge is 0.497 e. The van der Waals surface area contributed by atoms with E-state index in [1.54, 1.807) is 36.2 Å². The van der Waals surface area contributed by atoms with Crippen LogP contribution in [0.15, 0.2) is 59.2 Å². The summed E-state index contributed by atoms with van der Waals surface area (Å²) in [5, 5.41) is 8.13. The summed E-state index contributed by atoms with van der Waals surface area (Å²) in [6, 6.07) is 12.8. The quantitative estimate of drug-likeness (QED) is 0.463. The van der Waals surface area contributed by atoms with Crippen LogP contribution in [0.25, 0.3) is 6.08 Å². The van der Waals surface area contributed by atoms with Gasteiger partial charge in [0.2, 0.25) is 5.91 Å². The Labute approximate surface area is 181 Å². The molecular weight excluding hydrogens is 465 g/mol. The van der Waals surface area contributed by atoms with Crippen LogP contribution in [0, 0.1) is 0 Å². The Bertz CT molecular complexity index is 1020. The van der Waals surface area contributed by atoms with Crippen LogP contribution in [0.5, 0.6) is 5.75 Å². The van der Waals surface area contributed by atoms with E-state index in [1.807, 2.05) is 30.3 Å². The van der Waals surface area contributed by atoms with Crippen molar-refractivity contribution in [2.45, 2.75) is 6.54 Å². The first-order valence-corrected chi connectivity index (χ1v) is 9.79. The van der Waals surface area contributed by atoms with E-state index in [9.17, 15) is 4.79 Å². The lowest BCUT2D eigenvalue weighted by Gasteiger charge is -2.04. The van der Waals surface area contributed by atoms with Gasteiger partial charge in [0, 0.05) is 12.3 Å². The molecule has 0 bridgehead atoms. The Morgan fingerprint density at radius 3 is 2.64 bits per heavy atom. The lowest BCUT2D eigenvalue weighted by atomic mass is 10.2. The number of ether oxygens (including phenoxy) is 1. The Morgan fingerprint density at radius 2 is 1.96 bits per heavy atom. The molecule has 0 aliphatic heterocycles. The Balaban J connectivity index is 1.64. The average molecular weight is 481 g/mol. The van der Waals surface area contributed by atoms with Crippen LogP contribution in [0.2, 0.25) is 10.0 Å². The highest BCUT2D eigenvalue weighted by atomic mass is 79.9. The van der Waals surface area contributed by atoms with Crippen molar-refractivity contribution in [1.82, 2.24) is 9.78 Å². The maximum absolute atomic E-state index is 12.2. The maximum Gasteiger partial charge on any atom is 0.249 e. The minimum Gasteiger partial charge on any atom is -0.497 e.